The number of rotatable bonds is 6. The van der Waals surface area contributed by atoms with Crippen LogP contribution in [0.2, 0.25) is 5.02 Å². The van der Waals surface area contributed by atoms with Crippen LogP contribution in [0.4, 0.5) is 11.4 Å². The Bertz CT molecular complexity index is 1480. The second-order valence-electron chi connectivity index (χ2n) is 6.84. The van der Waals surface area contributed by atoms with Crippen LogP contribution in [-0.4, -0.2) is 16.8 Å². The number of allylic oxidation sites excluding steroid dienone is 1. The van der Waals surface area contributed by atoms with E-state index in [2.05, 4.69) is 11.4 Å². The second kappa shape index (κ2) is 9.08. The Morgan fingerprint density at radius 3 is 2.15 bits per heavy atom. The Morgan fingerprint density at radius 1 is 1.00 bits per heavy atom. The molecule has 0 aromatic heterocycles. The van der Waals surface area contributed by atoms with Crippen LogP contribution in [0.25, 0.3) is 10.4 Å². The van der Waals surface area contributed by atoms with Crippen LogP contribution in [0.1, 0.15) is 18.1 Å². The molecule has 0 N–H and O–H groups in total. The van der Waals surface area contributed by atoms with E-state index >= 15 is 0 Å². The molecule has 0 atom stereocenters. The minimum absolute atomic E-state index is 0.0856. The van der Waals surface area contributed by atoms with E-state index in [0.717, 1.165) is 12.1 Å². The van der Waals surface area contributed by atoms with E-state index in [4.69, 9.17) is 18.2 Å². The summed E-state index contributed by atoms with van der Waals surface area (Å²) in [5.74, 6) is 0. The Kier molecular flexibility index (Phi) is 6.61. The van der Waals surface area contributed by atoms with Crippen LogP contribution >= 0.6 is 11.6 Å². The van der Waals surface area contributed by atoms with Gasteiger partial charge in [-0.15, -0.1) is 0 Å². The van der Waals surface area contributed by atoms with Gasteiger partial charge in [0, 0.05) is 0 Å². The van der Waals surface area contributed by atoms with E-state index in [0.29, 0.717) is 11.1 Å². The minimum Gasteiger partial charge on any atom is -0.237 e. The summed E-state index contributed by atoms with van der Waals surface area (Å²) in [5.41, 5.74) is 0.334. The zero-order valence-electron chi connectivity index (χ0n) is 17.2. The van der Waals surface area contributed by atoms with Gasteiger partial charge < -0.3 is 0 Å². The molecule has 0 radical (unpaired) electrons. The van der Waals surface area contributed by atoms with Gasteiger partial charge in [0.15, 0.2) is 0 Å². The van der Waals surface area contributed by atoms with Gasteiger partial charge in [-0.25, -0.2) is 13.3 Å². The van der Waals surface area contributed by atoms with Gasteiger partial charge >= 0.3 is 0 Å². The molecule has 0 aliphatic carbocycles. The third-order valence-electron chi connectivity index (χ3n) is 4.61. The van der Waals surface area contributed by atoms with E-state index in [1.807, 2.05) is 0 Å². The highest BCUT2D eigenvalue weighted by Gasteiger charge is 2.39. The monoisotopic (exact) mass is 497 g/mol. The molecule has 0 amide bonds. The molecule has 166 valence electrons. The van der Waals surface area contributed by atoms with Crippen molar-refractivity contribution < 1.29 is 16.8 Å². The molecule has 3 rings (SSSR count). The number of anilines is 1. The van der Waals surface area contributed by atoms with Crippen molar-refractivity contribution in [1.82, 2.24) is 0 Å². The second-order valence-corrected chi connectivity index (χ2v) is 11.0. The van der Waals surface area contributed by atoms with Crippen molar-refractivity contribution in [1.29, 1.82) is 5.26 Å². The SMILES string of the molecule is [C-]#[N+]c1ccccc1S(=O)(=O)N(c1ccc(C(=C)C)c(Cl)c1)S(=O)(=O)c1ccccc1C#N. The molecule has 0 saturated heterocycles. The van der Waals surface area contributed by atoms with Crippen LogP contribution in [0, 0.1) is 17.9 Å². The molecule has 0 spiro atoms. The highest BCUT2D eigenvalue weighted by molar-refractivity contribution is 8.10. The molecule has 10 heteroatoms. The van der Waals surface area contributed by atoms with Crippen LogP contribution < -0.4 is 3.71 Å². The Hall–Kier alpha value is -3.63. The average molecular weight is 498 g/mol. The molecule has 0 saturated carbocycles. The van der Waals surface area contributed by atoms with Crippen LogP contribution in [0.5, 0.6) is 0 Å². The predicted octanol–water partition coefficient (Wildman–Crippen LogP) is 5.38. The lowest BCUT2D eigenvalue weighted by atomic mass is 10.1. The maximum atomic E-state index is 13.7. The Labute approximate surface area is 197 Å². The number of benzene rings is 3. The molecule has 0 fully saturated rings. The summed E-state index contributed by atoms with van der Waals surface area (Å²) >= 11 is 6.30. The zero-order valence-corrected chi connectivity index (χ0v) is 19.6. The number of halogens is 1. The molecular formula is C23H16ClN3O4S2. The molecule has 0 aliphatic rings. The number of hydrogen-bond acceptors (Lipinski definition) is 5. The first-order valence-electron chi connectivity index (χ1n) is 9.27. The molecule has 0 bridgehead atoms. The smallest absolute Gasteiger partial charge is 0.237 e. The topological polar surface area (TPSA) is 99.7 Å². The predicted molar refractivity (Wildman–Crippen MR) is 127 cm³/mol. The molecule has 33 heavy (non-hydrogen) atoms. The van der Waals surface area contributed by atoms with Gasteiger partial charge in [-0.05, 0) is 42.3 Å². The molecular weight excluding hydrogens is 482 g/mol. The summed E-state index contributed by atoms with van der Waals surface area (Å²) in [6, 6.07) is 16.2. The number of nitriles is 1. The van der Waals surface area contributed by atoms with Gasteiger partial charge in [0.05, 0.1) is 27.7 Å². The summed E-state index contributed by atoms with van der Waals surface area (Å²) in [7, 11) is -9.68. The molecule has 7 nitrogen and oxygen atoms in total. The first kappa shape index (κ1) is 24.0. The molecule has 3 aromatic carbocycles. The first-order chi connectivity index (χ1) is 15.6. The van der Waals surface area contributed by atoms with E-state index in [9.17, 15) is 22.1 Å². The lowest BCUT2D eigenvalue weighted by Crippen LogP contribution is -2.37. The standard InChI is InChI=1S/C23H16ClN3O4S2/c1-16(2)19-13-12-18(14-20(19)24)27(32(28,29)22-10-6-4-8-17(22)15-25)33(30,31)23-11-7-5-9-21(23)26-3/h4-14H,1H2,2H3. The van der Waals surface area contributed by atoms with Gasteiger partial charge in [-0.1, -0.05) is 60.6 Å². The van der Waals surface area contributed by atoms with E-state index in [1.165, 1.54) is 54.6 Å². The lowest BCUT2D eigenvalue weighted by molar-refractivity contribution is 0.584. The van der Waals surface area contributed by atoms with E-state index < -0.39 is 29.8 Å². The van der Waals surface area contributed by atoms with Crippen molar-refractivity contribution in [2.24, 2.45) is 0 Å². The van der Waals surface area contributed by atoms with Crippen LogP contribution in [-0.2, 0) is 20.0 Å². The Balaban J connectivity index is 2.40. The first-order valence-corrected chi connectivity index (χ1v) is 12.5. The van der Waals surface area contributed by atoms with Crippen LogP contribution in [0.15, 0.2) is 83.1 Å². The highest BCUT2D eigenvalue weighted by Crippen LogP contribution is 2.37. The average Bonchev–Trinajstić information content (AvgIpc) is 2.78. The molecule has 3 aromatic rings. The summed E-state index contributed by atoms with van der Waals surface area (Å²) in [5, 5.41) is 9.51. The summed E-state index contributed by atoms with van der Waals surface area (Å²) < 4.78 is 55.1. The van der Waals surface area contributed by atoms with Gasteiger partial charge in [0.25, 0.3) is 20.0 Å². The van der Waals surface area contributed by atoms with Gasteiger partial charge in [0.2, 0.25) is 5.69 Å². The number of para-hydroxylation sites is 1. The van der Waals surface area contributed by atoms with Gasteiger partial charge in [-0.3, -0.25) is 0 Å². The summed E-state index contributed by atoms with van der Waals surface area (Å²) in [6.45, 7) is 12.8. The summed E-state index contributed by atoms with van der Waals surface area (Å²) in [6.07, 6.45) is 0. The van der Waals surface area contributed by atoms with Crippen molar-refractivity contribution in [3.05, 3.63) is 101 Å². The quantitative estimate of drug-likeness (QED) is 0.425. The van der Waals surface area contributed by atoms with Crippen molar-refractivity contribution in [3.63, 3.8) is 0 Å². The minimum atomic E-state index is -4.84. The molecule has 0 aliphatic heterocycles. The van der Waals surface area contributed by atoms with Crippen molar-refractivity contribution >= 4 is 48.6 Å². The molecule has 0 unspecified atom stereocenters. The highest BCUT2D eigenvalue weighted by atomic mass is 35.5. The largest absolute Gasteiger partial charge is 0.278 e. The maximum absolute atomic E-state index is 13.7. The third kappa shape index (κ3) is 4.35. The van der Waals surface area contributed by atoms with E-state index in [-0.39, 0.29) is 25.7 Å². The number of nitrogens with zero attached hydrogens (tertiary/aromatic N) is 3. The fourth-order valence-electron chi connectivity index (χ4n) is 3.10. The zero-order chi connectivity index (χ0) is 24.4. The van der Waals surface area contributed by atoms with Gasteiger partial charge in [-0.2, -0.15) is 17.4 Å². The molecule has 0 heterocycles. The van der Waals surface area contributed by atoms with Crippen molar-refractivity contribution in [3.8, 4) is 6.07 Å². The van der Waals surface area contributed by atoms with Crippen molar-refractivity contribution in [2.75, 3.05) is 3.71 Å². The fraction of sp³-hybridized carbons (Fsp3) is 0.0435. The lowest BCUT2D eigenvalue weighted by Gasteiger charge is -2.25. The van der Waals surface area contributed by atoms with Crippen molar-refractivity contribution in [2.45, 2.75) is 16.7 Å². The normalized spacial score (nSPS) is 11.3. The number of hydrogen-bond donors (Lipinski definition) is 0. The third-order valence-corrected chi connectivity index (χ3v) is 9.21. The Morgan fingerprint density at radius 2 is 1.58 bits per heavy atom. The fourth-order valence-corrected chi connectivity index (χ4v) is 7.36. The maximum Gasteiger partial charge on any atom is 0.278 e. The number of sulfonamides is 2. The summed E-state index contributed by atoms with van der Waals surface area (Å²) in [4.78, 5) is 2.21. The van der Waals surface area contributed by atoms with Gasteiger partial charge in [0.1, 0.15) is 11.0 Å². The van der Waals surface area contributed by atoms with Crippen LogP contribution in [0.3, 0.4) is 0 Å². The van der Waals surface area contributed by atoms with E-state index in [1.54, 1.807) is 13.0 Å².